The summed E-state index contributed by atoms with van der Waals surface area (Å²) in [5.41, 5.74) is 6.96. The molecule has 3 rings (SSSR count). The first-order chi connectivity index (χ1) is 8.73. The van der Waals surface area contributed by atoms with E-state index in [0.717, 1.165) is 30.2 Å². The molecule has 2 heterocycles. The molecule has 96 valence electrons. The number of nitrogens with two attached hydrogens (primary N) is 1. The molecule has 0 spiro atoms. The smallest absolute Gasteiger partial charge is 0.177 e. The Balaban J connectivity index is 1.94. The maximum atomic E-state index is 6.54. The van der Waals surface area contributed by atoms with Gasteiger partial charge in [0.05, 0.1) is 5.54 Å². The second-order valence-electron chi connectivity index (χ2n) is 5.33. The maximum absolute atomic E-state index is 6.54. The average molecular weight is 245 g/mol. The third-order valence-corrected chi connectivity index (χ3v) is 4.20. The van der Waals surface area contributed by atoms with E-state index in [2.05, 4.69) is 22.2 Å². The van der Waals surface area contributed by atoms with Gasteiger partial charge in [-0.1, -0.05) is 13.3 Å². The van der Waals surface area contributed by atoms with Crippen molar-refractivity contribution in [1.29, 1.82) is 0 Å². The van der Waals surface area contributed by atoms with Crippen LogP contribution in [-0.2, 0) is 5.54 Å². The highest BCUT2D eigenvalue weighted by molar-refractivity contribution is 5.36. The Morgan fingerprint density at radius 3 is 2.89 bits per heavy atom. The molecule has 0 saturated heterocycles. The van der Waals surface area contributed by atoms with Crippen LogP contribution in [-0.4, -0.2) is 19.8 Å². The Hall–Kier alpha value is -1.49. The largest absolute Gasteiger partial charge is 0.319 e. The molecule has 1 fully saturated rings. The summed E-state index contributed by atoms with van der Waals surface area (Å²) in [5.74, 6) is 1.63. The summed E-state index contributed by atoms with van der Waals surface area (Å²) in [6.07, 6.45) is 7.30. The third kappa shape index (κ3) is 1.79. The molecule has 1 aliphatic rings. The highest BCUT2D eigenvalue weighted by Crippen LogP contribution is 2.37. The third-order valence-electron chi connectivity index (χ3n) is 4.20. The molecular weight excluding hydrogens is 226 g/mol. The fourth-order valence-electron chi connectivity index (χ4n) is 2.88. The van der Waals surface area contributed by atoms with Gasteiger partial charge in [0.25, 0.3) is 0 Å². The van der Waals surface area contributed by atoms with Gasteiger partial charge in [-0.3, -0.25) is 0 Å². The molecule has 18 heavy (non-hydrogen) atoms. The second kappa shape index (κ2) is 4.31. The molecule has 1 saturated carbocycles. The van der Waals surface area contributed by atoms with Crippen LogP contribution < -0.4 is 5.73 Å². The van der Waals surface area contributed by atoms with Crippen molar-refractivity contribution in [2.75, 3.05) is 0 Å². The number of fused-ring (bicyclic) bond motifs is 1. The van der Waals surface area contributed by atoms with Gasteiger partial charge >= 0.3 is 0 Å². The number of hydrogen-bond donors (Lipinski definition) is 1. The van der Waals surface area contributed by atoms with Gasteiger partial charge in [-0.05, 0) is 43.7 Å². The van der Waals surface area contributed by atoms with E-state index in [4.69, 9.17) is 5.73 Å². The van der Waals surface area contributed by atoms with Gasteiger partial charge in [-0.2, -0.15) is 9.61 Å². The molecule has 2 N–H and O–H groups in total. The van der Waals surface area contributed by atoms with E-state index >= 15 is 0 Å². The Morgan fingerprint density at radius 2 is 2.17 bits per heavy atom. The van der Waals surface area contributed by atoms with E-state index in [1.54, 1.807) is 10.7 Å². The van der Waals surface area contributed by atoms with Crippen molar-refractivity contribution in [3.63, 3.8) is 0 Å². The second-order valence-corrected chi connectivity index (χ2v) is 5.33. The van der Waals surface area contributed by atoms with Crippen LogP contribution in [0.15, 0.2) is 18.3 Å². The monoisotopic (exact) mass is 245 g/mol. The molecule has 5 nitrogen and oxygen atoms in total. The first-order valence-corrected chi connectivity index (χ1v) is 6.69. The minimum absolute atomic E-state index is 0.362. The maximum Gasteiger partial charge on any atom is 0.177 e. The normalized spacial score (nSPS) is 28.7. The molecule has 0 aliphatic heterocycles. The summed E-state index contributed by atoms with van der Waals surface area (Å²) in [4.78, 5) is 0. The fourth-order valence-corrected chi connectivity index (χ4v) is 2.88. The zero-order valence-electron chi connectivity index (χ0n) is 10.7. The zero-order valence-corrected chi connectivity index (χ0v) is 10.7. The standard InChI is InChI=1S/C13H19N5/c1-2-10-5-7-13(14,8-6-10)12-17-16-11-4-3-9-15-18(11)12/h3-4,9-10H,2,5-8,14H2,1H3. The summed E-state index contributed by atoms with van der Waals surface area (Å²) in [5, 5.41) is 12.7. The molecule has 0 bridgehead atoms. The van der Waals surface area contributed by atoms with Crippen LogP contribution in [0.1, 0.15) is 44.9 Å². The van der Waals surface area contributed by atoms with E-state index < -0.39 is 0 Å². The summed E-state index contributed by atoms with van der Waals surface area (Å²) in [6.45, 7) is 2.25. The summed E-state index contributed by atoms with van der Waals surface area (Å²) in [6, 6.07) is 3.77. The molecule has 0 unspecified atom stereocenters. The van der Waals surface area contributed by atoms with Crippen molar-refractivity contribution in [1.82, 2.24) is 19.8 Å². The van der Waals surface area contributed by atoms with Gasteiger partial charge in [0.1, 0.15) is 0 Å². The lowest BCUT2D eigenvalue weighted by molar-refractivity contribution is 0.219. The zero-order chi connectivity index (χ0) is 12.6. The van der Waals surface area contributed by atoms with Crippen LogP contribution in [0.2, 0.25) is 0 Å². The number of hydrogen-bond acceptors (Lipinski definition) is 4. The molecule has 0 radical (unpaired) electrons. The molecule has 2 aromatic rings. The Bertz CT molecular complexity index is 539. The van der Waals surface area contributed by atoms with Gasteiger partial charge < -0.3 is 5.73 Å². The van der Waals surface area contributed by atoms with Gasteiger partial charge in [-0.15, -0.1) is 10.2 Å². The predicted molar refractivity (Wildman–Crippen MR) is 68.9 cm³/mol. The highest BCUT2D eigenvalue weighted by atomic mass is 15.4. The first-order valence-electron chi connectivity index (χ1n) is 6.69. The highest BCUT2D eigenvalue weighted by Gasteiger charge is 2.36. The molecule has 2 aromatic heterocycles. The molecule has 0 amide bonds. The molecule has 0 atom stereocenters. The van der Waals surface area contributed by atoms with Gasteiger partial charge in [0, 0.05) is 6.20 Å². The van der Waals surface area contributed by atoms with E-state index in [9.17, 15) is 0 Å². The van der Waals surface area contributed by atoms with Crippen LogP contribution in [0.3, 0.4) is 0 Å². The Morgan fingerprint density at radius 1 is 1.39 bits per heavy atom. The molecular formula is C13H19N5. The lowest BCUT2D eigenvalue weighted by atomic mass is 9.76. The van der Waals surface area contributed by atoms with Crippen molar-refractivity contribution < 1.29 is 0 Å². The van der Waals surface area contributed by atoms with Crippen molar-refractivity contribution in [2.24, 2.45) is 11.7 Å². The summed E-state index contributed by atoms with van der Waals surface area (Å²) < 4.78 is 1.78. The lowest BCUT2D eigenvalue weighted by Gasteiger charge is -2.35. The topological polar surface area (TPSA) is 69.1 Å². The minimum atomic E-state index is -0.362. The van der Waals surface area contributed by atoms with Crippen molar-refractivity contribution >= 4 is 5.65 Å². The quantitative estimate of drug-likeness (QED) is 0.877. The average Bonchev–Trinajstić information content (AvgIpc) is 2.84. The van der Waals surface area contributed by atoms with E-state index in [-0.39, 0.29) is 5.54 Å². The van der Waals surface area contributed by atoms with Gasteiger partial charge in [0.15, 0.2) is 11.5 Å². The Labute approximate surface area is 106 Å². The SMILES string of the molecule is CCC1CCC(N)(c2nnc3cccnn23)CC1. The van der Waals surface area contributed by atoms with Crippen molar-refractivity contribution in [3.05, 3.63) is 24.2 Å². The first kappa shape index (κ1) is 11.6. The number of aromatic nitrogens is 4. The Kier molecular flexibility index (Phi) is 2.78. The van der Waals surface area contributed by atoms with Crippen LogP contribution in [0, 0.1) is 5.92 Å². The summed E-state index contributed by atoms with van der Waals surface area (Å²) >= 11 is 0. The van der Waals surface area contributed by atoms with E-state index in [0.29, 0.717) is 0 Å². The minimum Gasteiger partial charge on any atom is -0.319 e. The van der Waals surface area contributed by atoms with Crippen LogP contribution in [0.4, 0.5) is 0 Å². The summed E-state index contributed by atoms with van der Waals surface area (Å²) in [7, 11) is 0. The van der Waals surface area contributed by atoms with Crippen molar-refractivity contribution in [3.8, 4) is 0 Å². The van der Waals surface area contributed by atoms with E-state index in [1.165, 1.54) is 19.3 Å². The molecule has 1 aliphatic carbocycles. The van der Waals surface area contributed by atoms with Crippen LogP contribution in [0.5, 0.6) is 0 Å². The predicted octanol–water partition coefficient (Wildman–Crippen LogP) is 1.88. The van der Waals surface area contributed by atoms with E-state index in [1.807, 2.05) is 12.1 Å². The fraction of sp³-hybridized carbons (Fsp3) is 0.615. The molecule has 0 aromatic carbocycles. The van der Waals surface area contributed by atoms with Gasteiger partial charge in [-0.25, -0.2) is 0 Å². The van der Waals surface area contributed by atoms with Gasteiger partial charge in [0.2, 0.25) is 0 Å². The number of nitrogens with zero attached hydrogens (tertiary/aromatic N) is 4. The lowest BCUT2D eigenvalue weighted by Crippen LogP contribution is -2.42. The molecule has 5 heteroatoms. The van der Waals surface area contributed by atoms with Crippen LogP contribution >= 0.6 is 0 Å². The van der Waals surface area contributed by atoms with Crippen LogP contribution in [0.25, 0.3) is 5.65 Å². The van der Waals surface area contributed by atoms with Crippen molar-refractivity contribution in [2.45, 2.75) is 44.6 Å². The number of rotatable bonds is 2.